The molecule has 5 atom stereocenters. The van der Waals surface area contributed by atoms with Gasteiger partial charge >= 0.3 is 6.09 Å². The summed E-state index contributed by atoms with van der Waals surface area (Å²) in [5, 5.41) is 15.6. The maximum Gasteiger partial charge on any atom is 0.407 e. The van der Waals surface area contributed by atoms with Gasteiger partial charge in [-0.25, -0.2) is 13.6 Å². The summed E-state index contributed by atoms with van der Waals surface area (Å²) in [6.45, 7) is 6.28. The average Bonchev–Trinajstić information content (AvgIpc) is 3.33. The number of halogens is 2. The fourth-order valence-corrected chi connectivity index (χ4v) is 6.64. The Morgan fingerprint density at radius 1 is 1.06 bits per heavy atom. The zero-order valence-electron chi connectivity index (χ0n) is 27.1. The number of ether oxygens (including phenoxy) is 1. The predicted octanol–water partition coefficient (Wildman–Crippen LogP) is 3.82. The van der Waals surface area contributed by atoms with Crippen molar-refractivity contribution in [3.63, 3.8) is 0 Å². The highest BCUT2D eigenvalue weighted by Gasteiger charge is 2.52. The largest absolute Gasteiger partial charge is 0.493 e. The summed E-state index contributed by atoms with van der Waals surface area (Å²) in [7, 11) is 0. The van der Waals surface area contributed by atoms with Crippen molar-refractivity contribution in [3.8, 4) is 5.75 Å². The number of piperazine rings is 1. The highest BCUT2D eigenvalue weighted by molar-refractivity contribution is 5.94. The number of carbonyl (C=O) groups is 4. The number of carbonyl (C=O) groups excluding carboxylic acids is 3. The summed E-state index contributed by atoms with van der Waals surface area (Å²) in [4.78, 5) is 58.1. The van der Waals surface area contributed by atoms with E-state index >= 15 is 0 Å². The van der Waals surface area contributed by atoms with Gasteiger partial charge in [0.1, 0.15) is 17.8 Å². The van der Waals surface area contributed by atoms with Crippen molar-refractivity contribution in [1.82, 2.24) is 25.3 Å². The van der Waals surface area contributed by atoms with Crippen molar-refractivity contribution in [3.05, 3.63) is 65.7 Å². The number of amides is 4. The molecule has 2 aromatic carbocycles. The van der Waals surface area contributed by atoms with Crippen LogP contribution in [0.25, 0.3) is 0 Å². The van der Waals surface area contributed by atoms with E-state index < -0.39 is 78.3 Å². The maximum atomic E-state index is 14.6. The van der Waals surface area contributed by atoms with E-state index in [1.54, 1.807) is 62.9 Å². The van der Waals surface area contributed by atoms with E-state index in [4.69, 9.17) is 4.74 Å². The molecule has 2 fully saturated rings. The molecule has 0 saturated carbocycles. The Kier molecular flexibility index (Phi) is 9.76. The van der Waals surface area contributed by atoms with Gasteiger partial charge in [0, 0.05) is 49.6 Å². The van der Waals surface area contributed by atoms with Crippen LogP contribution in [0.1, 0.15) is 63.7 Å². The molecule has 2 saturated heterocycles. The molecule has 3 N–H and O–H groups in total. The molecule has 4 amide bonds. The first kappa shape index (κ1) is 34.1. The molecule has 47 heavy (non-hydrogen) atoms. The maximum absolute atomic E-state index is 14.6. The molecule has 3 aliphatic heterocycles. The molecule has 0 bridgehead atoms. The summed E-state index contributed by atoms with van der Waals surface area (Å²) in [6, 6.07) is 12.4. The molecule has 0 radical (unpaired) electrons. The van der Waals surface area contributed by atoms with E-state index in [0.29, 0.717) is 24.3 Å². The van der Waals surface area contributed by atoms with Gasteiger partial charge in [0.25, 0.3) is 11.8 Å². The van der Waals surface area contributed by atoms with Crippen LogP contribution in [-0.2, 0) is 14.4 Å². The number of fused-ring (bicyclic) bond motifs is 2. The Balaban J connectivity index is 1.42. The summed E-state index contributed by atoms with van der Waals surface area (Å²) in [6.07, 6.45) is -1.13. The summed E-state index contributed by atoms with van der Waals surface area (Å²) < 4.78 is 34.9. The second kappa shape index (κ2) is 13.5. The van der Waals surface area contributed by atoms with Crippen molar-refractivity contribution < 1.29 is 37.8 Å². The Labute approximate surface area is 273 Å². The molecule has 0 spiro atoms. The van der Waals surface area contributed by atoms with E-state index in [2.05, 4.69) is 10.6 Å². The third-order valence-corrected chi connectivity index (χ3v) is 9.15. The average molecular weight is 656 g/mol. The van der Waals surface area contributed by atoms with E-state index in [0.717, 1.165) is 10.5 Å². The predicted molar refractivity (Wildman–Crippen MR) is 169 cm³/mol. The number of benzene rings is 2. The monoisotopic (exact) mass is 655 g/mol. The lowest BCUT2D eigenvalue weighted by Gasteiger charge is -2.44. The smallest absolute Gasteiger partial charge is 0.407 e. The normalized spacial score (nSPS) is 23.4. The van der Waals surface area contributed by atoms with Crippen molar-refractivity contribution in [2.24, 2.45) is 5.92 Å². The number of nitrogens with zero attached hydrogens (tertiary/aromatic N) is 3. The first-order valence-corrected chi connectivity index (χ1v) is 15.9. The molecule has 0 unspecified atom stereocenters. The van der Waals surface area contributed by atoms with E-state index in [9.17, 15) is 33.1 Å². The molecular formula is C34H43F2N5O6. The van der Waals surface area contributed by atoms with Crippen LogP contribution >= 0.6 is 0 Å². The number of nitrogens with one attached hydrogen (secondary N) is 2. The van der Waals surface area contributed by atoms with Crippen LogP contribution in [0.3, 0.4) is 0 Å². The summed E-state index contributed by atoms with van der Waals surface area (Å²) in [5.41, 5.74) is 0.463. The third kappa shape index (κ3) is 7.66. The lowest BCUT2D eigenvalue weighted by Crippen LogP contribution is -2.64. The third-order valence-electron chi connectivity index (χ3n) is 9.15. The SMILES string of the molecule is C[C@@H](CN(C(=O)O)C(C)(C)C)C(=O)N[C@H](C(=O)N1C[C@H]2CC(F)(F)CN2C[C@H]1C(=O)N[C@@H]1CCOc2ccccc21)c1ccccc1. The zero-order valence-corrected chi connectivity index (χ0v) is 27.1. The number of hydrogen-bond acceptors (Lipinski definition) is 6. The van der Waals surface area contributed by atoms with Crippen molar-refractivity contribution in [1.29, 1.82) is 0 Å². The van der Waals surface area contributed by atoms with Crippen molar-refractivity contribution in [2.45, 2.75) is 76.2 Å². The van der Waals surface area contributed by atoms with Crippen molar-refractivity contribution >= 4 is 23.8 Å². The quantitative estimate of drug-likeness (QED) is 0.394. The minimum Gasteiger partial charge on any atom is -0.493 e. The van der Waals surface area contributed by atoms with Crippen LogP contribution in [0.5, 0.6) is 5.75 Å². The van der Waals surface area contributed by atoms with E-state index in [1.807, 2.05) is 24.3 Å². The molecular weight excluding hydrogens is 612 g/mol. The number of rotatable bonds is 8. The van der Waals surface area contributed by atoms with Gasteiger partial charge in [-0.05, 0) is 32.4 Å². The van der Waals surface area contributed by atoms with Gasteiger partial charge in [-0.15, -0.1) is 0 Å². The summed E-state index contributed by atoms with van der Waals surface area (Å²) in [5.74, 6) is -4.80. The molecule has 3 heterocycles. The molecule has 254 valence electrons. The van der Waals surface area contributed by atoms with Crippen LogP contribution in [0.15, 0.2) is 54.6 Å². The van der Waals surface area contributed by atoms with Gasteiger partial charge in [0.05, 0.1) is 25.1 Å². The Morgan fingerprint density at radius 2 is 1.74 bits per heavy atom. The number of hydrogen-bond donors (Lipinski definition) is 3. The van der Waals surface area contributed by atoms with Gasteiger partial charge < -0.3 is 30.3 Å². The Bertz CT molecular complexity index is 1480. The van der Waals surface area contributed by atoms with E-state index in [1.165, 1.54) is 4.90 Å². The first-order chi connectivity index (χ1) is 22.1. The van der Waals surface area contributed by atoms with Crippen LogP contribution in [0, 0.1) is 5.92 Å². The van der Waals surface area contributed by atoms with E-state index in [-0.39, 0.29) is 19.6 Å². The molecule has 11 nitrogen and oxygen atoms in total. The Hall–Kier alpha value is -4.26. The molecule has 0 aromatic heterocycles. The molecule has 2 aromatic rings. The minimum atomic E-state index is -2.96. The zero-order chi connectivity index (χ0) is 34.1. The second-order valence-electron chi connectivity index (χ2n) is 13.7. The van der Waals surface area contributed by atoms with Crippen LogP contribution in [0.4, 0.5) is 13.6 Å². The Morgan fingerprint density at radius 3 is 2.43 bits per heavy atom. The fourth-order valence-electron chi connectivity index (χ4n) is 6.64. The number of alkyl halides is 2. The lowest BCUT2D eigenvalue weighted by atomic mass is 9.98. The number of carboxylic acid groups (broad SMARTS) is 1. The number of para-hydroxylation sites is 1. The highest BCUT2D eigenvalue weighted by Crippen LogP contribution is 2.37. The minimum absolute atomic E-state index is 0.0896. The highest BCUT2D eigenvalue weighted by atomic mass is 19.3. The topological polar surface area (TPSA) is 132 Å². The van der Waals surface area contributed by atoms with Crippen LogP contribution in [-0.4, -0.2) is 100.0 Å². The summed E-state index contributed by atoms with van der Waals surface area (Å²) >= 11 is 0. The van der Waals surface area contributed by atoms with Gasteiger partial charge in [-0.2, -0.15) is 0 Å². The van der Waals surface area contributed by atoms with Crippen molar-refractivity contribution in [2.75, 3.05) is 32.8 Å². The molecule has 0 aliphatic carbocycles. The first-order valence-electron chi connectivity index (χ1n) is 15.9. The lowest BCUT2D eigenvalue weighted by molar-refractivity contribution is -0.148. The van der Waals surface area contributed by atoms with Crippen LogP contribution < -0.4 is 15.4 Å². The van der Waals surface area contributed by atoms with Gasteiger partial charge in [0.15, 0.2) is 0 Å². The molecule has 3 aliphatic rings. The fraction of sp³-hybridized carbons (Fsp3) is 0.529. The molecule has 5 rings (SSSR count). The van der Waals surface area contributed by atoms with Gasteiger partial charge in [-0.1, -0.05) is 55.5 Å². The second-order valence-corrected chi connectivity index (χ2v) is 13.7. The van der Waals surface area contributed by atoms with Crippen LogP contribution in [0.2, 0.25) is 0 Å². The van der Waals surface area contributed by atoms with Gasteiger partial charge in [-0.3, -0.25) is 19.3 Å². The standard InChI is InChI=1S/C34H43F2N5O6/c1-21(17-41(32(45)46)33(2,3)4)29(42)38-28(22-10-6-5-7-11-22)31(44)40-18-23-16-34(35,36)20-39(23)19-26(40)30(43)37-25-14-15-47-27-13-9-8-12-24(25)27/h5-13,21,23,25-26,28H,14-20H2,1-4H3,(H,37,43)(H,38,42)(H,45,46)/t21-,23+,25+,26-,28-/m0/s1. The van der Waals surface area contributed by atoms with Gasteiger partial charge in [0.2, 0.25) is 11.8 Å². The molecule has 13 heteroatoms.